The Labute approximate surface area is 102 Å². The fraction of sp³-hybridized carbons (Fsp3) is 0.917. The van der Waals surface area contributed by atoms with Gasteiger partial charge in [-0.05, 0) is 18.8 Å². The third-order valence-corrected chi connectivity index (χ3v) is 4.74. The first-order chi connectivity index (χ1) is 7.04. The quantitative estimate of drug-likeness (QED) is 0.725. The van der Waals surface area contributed by atoms with E-state index in [4.69, 9.17) is 0 Å². The number of hydrogen-bond donors (Lipinski definition) is 0. The average molecular weight is 276 g/mol. The molecule has 0 aromatic heterocycles. The Balaban J connectivity index is 2.50. The van der Waals surface area contributed by atoms with Crippen LogP contribution in [0.3, 0.4) is 0 Å². The zero-order valence-electron chi connectivity index (χ0n) is 10.0. The van der Waals surface area contributed by atoms with Gasteiger partial charge in [0.05, 0.1) is 4.83 Å². The topological polar surface area (TPSA) is 20.3 Å². The Kier molecular flexibility index (Phi) is 5.10. The molecule has 0 heterocycles. The van der Waals surface area contributed by atoms with Crippen molar-refractivity contribution in [3.05, 3.63) is 0 Å². The van der Waals surface area contributed by atoms with E-state index in [2.05, 4.69) is 29.8 Å². The van der Waals surface area contributed by atoms with E-state index in [1.165, 1.54) is 32.1 Å². The lowest BCUT2D eigenvalue weighted by atomic mass is 9.94. The zero-order valence-corrected chi connectivity index (χ0v) is 11.6. The molecule has 1 rings (SSSR count). The summed E-state index contributed by atoms with van der Waals surface area (Å²) in [5, 5.41) is 0. The summed E-state index contributed by atoms with van der Waals surface area (Å²) >= 11 is 3.48. The molecule has 1 aliphatic rings. The summed E-state index contributed by atoms with van der Waals surface area (Å²) in [6.07, 6.45) is 6.24. The summed E-state index contributed by atoms with van der Waals surface area (Å²) < 4.78 is 0. The fourth-order valence-electron chi connectivity index (χ4n) is 2.13. The molecule has 0 unspecified atom stereocenters. The van der Waals surface area contributed by atoms with Crippen LogP contribution in [0.15, 0.2) is 0 Å². The Morgan fingerprint density at radius 3 is 2.27 bits per heavy atom. The van der Waals surface area contributed by atoms with Crippen LogP contribution in [0, 0.1) is 5.92 Å². The largest absolute Gasteiger partial charge is 0.342 e. The van der Waals surface area contributed by atoms with Gasteiger partial charge in [0.25, 0.3) is 0 Å². The molecule has 2 nitrogen and oxygen atoms in total. The molecule has 1 saturated carbocycles. The van der Waals surface area contributed by atoms with Crippen LogP contribution in [0.25, 0.3) is 0 Å². The highest BCUT2D eigenvalue weighted by molar-refractivity contribution is 9.10. The van der Waals surface area contributed by atoms with Gasteiger partial charge >= 0.3 is 0 Å². The van der Waals surface area contributed by atoms with E-state index in [1.54, 1.807) is 0 Å². The number of carbonyl (C=O) groups is 1. The minimum atomic E-state index is -0.0237. The standard InChI is InChI=1S/C12H22BrNO/c1-9(2)11(13)12(15)14(3)10-7-5-4-6-8-10/h9-11H,4-8H2,1-3H3/t11-/m0/s1. The lowest BCUT2D eigenvalue weighted by Crippen LogP contribution is -2.43. The van der Waals surface area contributed by atoms with Crippen LogP contribution in [0.2, 0.25) is 0 Å². The van der Waals surface area contributed by atoms with Crippen LogP contribution >= 0.6 is 15.9 Å². The maximum atomic E-state index is 12.1. The molecule has 15 heavy (non-hydrogen) atoms. The first-order valence-electron chi connectivity index (χ1n) is 5.94. The van der Waals surface area contributed by atoms with E-state index < -0.39 is 0 Å². The zero-order chi connectivity index (χ0) is 11.4. The van der Waals surface area contributed by atoms with E-state index in [0.717, 1.165) is 0 Å². The van der Waals surface area contributed by atoms with E-state index in [-0.39, 0.29) is 10.7 Å². The summed E-state index contributed by atoms with van der Waals surface area (Å²) in [4.78, 5) is 14.0. The third kappa shape index (κ3) is 3.47. The summed E-state index contributed by atoms with van der Waals surface area (Å²) in [7, 11) is 1.95. The molecule has 88 valence electrons. The number of rotatable bonds is 3. The molecular weight excluding hydrogens is 254 g/mol. The van der Waals surface area contributed by atoms with E-state index in [0.29, 0.717) is 12.0 Å². The van der Waals surface area contributed by atoms with Crippen molar-refractivity contribution in [1.82, 2.24) is 4.90 Å². The van der Waals surface area contributed by atoms with Crippen molar-refractivity contribution in [3.8, 4) is 0 Å². The molecule has 1 amide bonds. The van der Waals surface area contributed by atoms with Crippen LogP contribution in [0.5, 0.6) is 0 Å². The van der Waals surface area contributed by atoms with Crippen molar-refractivity contribution in [2.45, 2.75) is 56.8 Å². The molecule has 0 radical (unpaired) electrons. The second kappa shape index (κ2) is 5.88. The molecule has 0 spiro atoms. The van der Waals surface area contributed by atoms with Gasteiger partial charge in [-0.1, -0.05) is 49.0 Å². The van der Waals surface area contributed by atoms with Crippen molar-refractivity contribution >= 4 is 21.8 Å². The van der Waals surface area contributed by atoms with Crippen LogP contribution in [-0.2, 0) is 4.79 Å². The van der Waals surface area contributed by atoms with Crippen LogP contribution in [-0.4, -0.2) is 28.7 Å². The highest BCUT2D eigenvalue weighted by Crippen LogP contribution is 2.24. The molecule has 0 saturated heterocycles. The van der Waals surface area contributed by atoms with Gasteiger partial charge in [-0.25, -0.2) is 0 Å². The van der Waals surface area contributed by atoms with Gasteiger partial charge in [-0.2, -0.15) is 0 Å². The Morgan fingerprint density at radius 1 is 1.27 bits per heavy atom. The Morgan fingerprint density at radius 2 is 1.80 bits per heavy atom. The van der Waals surface area contributed by atoms with Gasteiger partial charge in [0.15, 0.2) is 0 Å². The lowest BCUT2D eigenvalue weighted by molar-refractivity contribution is -0.132. The highest BCUT2D eigenvalue weighted by Gasteiger charge is 2.27. The number of hydrogen-bond acceptors (Lipinski definition) is 1. The van der Waals surface area contributed by atoms with Crippen molar-refractivity contribution in [2.24, 2.45) is 5.92 Å². The van der Waals surface area contributed by atoms with Gasteiger partial charge < -0.3 is 4.90 Å². The normalized spacial score (nSPS) is 20.3. The lowest BCUT2D eigenvalue weighted by Gasteiger charge is -2.33. The predicted molar refractivity (Wildman–Crippen MR) is 67.2 cm³/mol. The summed E-state index contributed by atoms with van der Waals surface area (Å²) in [6, 6.07) is 0.477. The van der Waals surface area contributed by atoms with Gasteiger partial charge in [-0.15, -0.1) is 0 Å². The fourth-order valence-corrected chi connectivity index (χ4v) is 2.45. The summed E-state index contributed by atoms with van der Waals surface area (Å²) in [5.41, 5.74) is 0. The van der Waals surface area contributed by atoms with E-state index >= 15 is 0 Å². The second-order valence-electron chi connectivity index (χ2n) is 4.89. The minimum absolute atomic E-state index is 0.0237. The van der Waals surface area contributed by atoms with E-state index in [1.807, 2.05) is 11.9 Å². The first-order valence-corrected chi connectivity index (χ1v) is 6.86. The Bertz CT molecular complexity index is 212. The van der Waals surface area contributed by atoms with Crippen molar-refractivity contribution in [2.75, 3.05) is 7.05 Å². The number of nitrogens with zero attached hydrogens (tertiary/aromatic N) is 1. The molecule has 1 atom stereocenters. The number of alkyl halides is 1. The maximum Gasteiger partial charge on any atom is 0.236 e. The minimum Gasteiger partial charge on any atom is -0.342 e. The smallest absolute Gasteiger partial charge is 0.236 e. The predicted octanol–water partition coefficient (Wildman–Crippen LogP) is 3.20. The first kappa shape index (κ1) is 13.0. The van der Waals surface area contributed by atoms with Crippen molar-refractivity contribution in [3.63, 3.8) is 0 Å². The van der Waals surface area contributed by atoms with Crippen molar-refractivity contribution in [1.29, 1.82) is 0 Å². The maximum absolute atomic E-state index is 12.1. The van der Waals surface area contributed by atoms with Gasteiger partial charge in [0, 0.05) is 13.1 Å². The summed E-state index contributed by atoms with van der Waals surface area (Å²) in [5.74, 6) is 0.612. The SMILES string of the molecule is CC(C)[C@H](Br)C(=O)N(C)C1CCCCC1. The second-order valence-corrected chi connectivity index (χ2v) is 5.87. The highest BCUT2D eigenvalue weighted by atomic mass is 79.9. The molecule has 1 fully saturated rings. The number of halogens is 1. The summed E-state index contributed by atoms with van der Waals surface area (Å²) in [6.45, 7) is 4.15. The third-order valence-electron chi connectivity index (χ3n) is 3.29. The molecule has 0 bridgehead atoms. The van der Waals surface area contributed by atoms with Crippen LogP contribution in [0.4, 0.5) is 0 Å². The average Bonchev–Trinajstić information content (AvgIpc) is 2.27. The molecule has 0 aromatic carbocycles. The van der Waals surface area contributed by atoms with Gasteiger partial charge in [0.2, 0.25) is 5.91 Å². The van der Waals surface area contributed by atoms with Gasteiger partial charge in [0.1, 0.15) is 0 Å². The molecule has 0 aliphatic heterocycles. The van der Waals surface area contributed by atoms with Crippen LogP contribution < -0.4 is 0 Å². The van der Waals surface area contributed by atoms with Crippen LogP contribution in [0.1, 0.15) is 46.0 Å². The molecule has 0 aromatic rings. The Hall–Kier alpha value is -0.0500. The molecule has 0 N–H and O–H groups in total. The molecular formula is C12H22BrNO. The molecule has 1 aliphatic carbocycles. The number of carbonyl (C=O) groups excluding carboxylic acids is 1. The number of amides is 1. The molecule has 3 heteroatoms. The van der Waals surface area contributed by atoms with E-state index in [9.17, 15) is 4.79 Å². The van der Waals surface area contributed by atoms with Crippen molar-refractivity contribution < 1.29 is 4.79 Å². The van der Waals surface area contributed by atoms with Gasteiger partial charge in [-0.3, -0.25) is 4.79 Å². The monoisotopic (exact) mass is 275 g/mol.